The van der Waals surface area contributed by atoms with Crippen LogP contribution < -0.4 is 10.9 Å². The van der Waals surface area contributed by atoms with E-state index >= 15 is 0 Å². The second kappa shape index (κ2) is 8.60. The first kappa shape index (κ1) is 18.8. The van der Waals surface area contributed by atoms with Crippen LogP contribution in [0.2, 0.25) is 0 Å². The van der Waals surface area contributed by atoms with Crippen molar-refractivity contribution in [2.75, 3.05) is 0 Å². The lowest BCUT2D eigenvalue weighted by atomic mass is 10.1. The number of carbonyl (C=O) groups excluding carboxylic acids is 1. The lowest BCUT2D eigenvalue weighted by Gasteiger charge is -2.13. The van der Waals surface area contributed by atoms with Gasteiger partial charge in [-0.3, -0.25) is 9.59 Å². The van der Waals surface area contributed by atoms with Crippen molar-refractivity contribution in [3.05, 3.63) is 75.7 Å². The molecule has 2 N–H and O–H groups in total. The zero-order chi connectivity index (χ0) is 19.2. The molecule has 1 heterocycles. The molecule has 0 unspecified atom stereocenters. The van der Waals surface area contributed by atoms with E-state index in [1.165, 1.54) is 0 Å². The van der Waals surface area contributed by atoms with Gasteiger partial charge < -0.3 is 10.1 Å². The van der Waals surface area contributed by atoms with Crippen LogP contribution in [0.25, 0.3) is 10.8 Å². The molecular formula is C21H23N3O3. The quantitative estimate of drug-likeness (QED) is 0.674. The number of hydrogen-bond acceptors (Lipinski definition) is 4. The number of hydrogen-bond donors (Lipinski definition) is 2. The first-order chi connectivity index (χ1) is 13.0. The molecule has 6 nitrogen and oxygen atoms in total. The summed E-state index contributed by atoms with van der Waals surface area (Å²) in [6.07, 6.45) is 0.245. The van der Waals surface area contributed by atoms with Crippen LogP contribution in [-0.2, 0) is 29.1 Å². The second-order valence-electron chi connectivity index (χ2n) is 6.63. The van der Waals surface area contributed by atoms with Crippen LogP contribution >= 0.6 is 0 Å². The average molecular weight is 365 g/mol. The van der Waals surface area contributed by atoms with Crippen molar-refractivity contribution < 1.29 is 9.53 Å². The van der Waals surface area contributed by atoms with Gasteiger partial charge in [-0.25, -0.2) is 5.10 Å². The van der Waals surface area contributed by atoms with E-state index in [1.54, 1.807) is 18.2 Å². The maximum Gasteiger partial charge on any atom is 0.272 e. The first-order valence-corrected chi connectivity index (χ1v) is 8.96. The summed E-state index contributed by atoms with van der Waals surface area (Å²) in [5.74, 6) is -0.153. The number of benzene rings is 2. The Morgan fingerprint density at radius 3 is 2.48 bits per heavy atom. The predicted molar refractivity (Wildman–Crippen MR) is 104 cm³/mol. The Bertz CT molecular complexity index is 995. The third-order valence-electron chi connectivity index (χ3n) is 4.27. The van der Waals surface area contributed by atoms with E-state index in [0.717, 1.165) is 11.1 Å². The highest BCUT2D eigenvalue weighted by Crippen LogP contribution is 2.14. The van der Waals surface area contributed by atoms with Crippen molar-refractivity contribution in [1.82, 2.24) is 15.5 Å². The van der Waals surface area contributed by atoms with Crippen molar-refractivity contribution >= 4 is 16.7 Å². The maximum atomic E-state index is 12.4. The second-order valence-corrected chi connectivity index (χ2v) is 6.63. The zero-order valence-corrected chi connectivity index (χ0v) is 15.5. The monoisotopic (exact) mass is 365 g/mol. The minimum Gasteiger partial charge on any atom is -0.374 e. The van der Waals surface area contributed by atoms with Gasteiger partial charge in [0.1, 0.15) is 0 Å². The summed E-state index contributed by atoms with van der Waals surface area (Å²) in [5.41, 5.74) is 2.37. The average Bonchev–Trinajstić information content (AvgIpc) is 2.68. The number of aromatic amines is 1. The van der Waals surface area contributed by atoms with Crippen LogP contribution in [-0.4, -0.2) is 22.2 Å². The molecule has 0 spiro atoms. The number of H-pyrrole nitrogens is 1. The van der Waals surface area contributed by atoms with Gasteiger partial charge in [-0.05, 0) is 31.0 Å². The lowest BCUT2D eigenvalue weighted by molar-refractivity contribution is -0.120. The summed E-state index contributed by atoms with van der Waals surface area (Å²) in [5, 5.41) is 10.7. The number of fused-ring (bicyclic) bond motifs is 1. The van der Waals surface area contributed by atoms with Gasteiger partial charge in [-0.1, -0.05) is 42.5 Å². The number of rotatable bonds is 7. The van der Waals surface area contributed by atoms with Gasteiger partial charge in [-0.2, -0.15) is 5.10 Å². The van der Waals surface area contributed by atoms with E-state index in [4.69, 9.17) is 4.74 Å². The lowest BCUT2D eigenvalue weighted by Crippen LogP contribution is -2.26. The van der Waals surface area contributed by atoms with Gasteiger partial charge in [0.2, 0.25) is 5.91 Å². The molecule has 0 fully saturated rings. The Kier molecular flexibility index (Phi) is 5.98. The van der Waals surface area contributed by atoms with Gasteiger partial charge >= 0.3 is 0 Å². The summed E-state index contributed by atoms with van der Waals surface area (Å²) < 4.78 is 5.67. The highest BCUT2D eigenvalue weighted by Gasteiger charge is 2.11. The maximum absolute atomic E-state index is 12.4. The van der Waals surface area contributed by atoms with E-state index in [-0.39, 0.29) is 24.0 Å². The number of ether oxygens (including phenoxy) is 1. The molecule has 0 aliphatic rings. The highest BCUT2D eigenvalue weighted by atomic mass is 16.5. The van der Waals surface area contributed by atoms with Crippen LogP contribution in [0.1, 0.15) is 30.7 Å². The standard InChI is InChI=1S/C21H23N3O3/c1-14(2)27-13-16-8-4-3-7-15(16)12-22-20(25)11-19-17-9-5-6-10-18(17)21(26)24-23-19/h3-10,14H,11-13H2,1-2H3,(H,22,25)(H,24,26). The molecule has 6 heteroatoms. The molecule has 3 aromatic rings. The van der Waals surface area contributed by atoms with Crippen LogP contribution in [0.3, 0.4) is 0 Å². The van der Waals surface area contributed by atoms with Crippen molar-refractivity contribution in [3.8, 4) is 0 Å². The van der Waals surface area contributed by atoms with E-state index in [0.29, 0.717) is 29.6 Å². The highest BCUT2D eigenvalue weighted by molar-refractivity contribution is 5.88. The molecule has 0 atom stereocenters. The number of aromatic nitrogens is 2. The largest absolute Gasteiger partial charge is 0.374 e. The Morgan fingerprint density at radius 2 is 1.74 bits per heavy atom. The molecule has 0 aliphatic carbocycles. The molecule has 0 radical (unpaired) electrons. The van der Waals surface area contributed by atoms with Gasteiger partial charge in [0, 0.05) is 11.9 Å². The first-order valence-electron chi connectivity index (χ1n) is 8.96. The number of nitrogens with zero attached hydrogens (tertiary/aromatic N) is 1. The number of carbonyl (C=O) groups is 1. The fourth-order valence-corrected chi connectivity index (χ4v) is 2.84. The molecular weight excluding hydrogens is 342 g/mol. The Morgan fingerprint density at radius 1 is 1.07 bits per heavy atom. The van der Waals surface area contributed by atoms with Crippen molar-refractivity contribution in [3.63, 3.8) is 0 Å². The van der Waals surface area contributed by atoms with Crippen LogP contribution in [0.4, 0.5) is 0 Å². The molecule has 0 bridgehead atoms. The van der Waals surface area contributed by atoms with Gasteiger partial charge in [0.25, 0.3) is 5.56 Å². The van der Waals surface area contributed by atoms with E-state index in [1.807, 2.05) is 44.2 Å². The van der Waals surface area contributed by atoms with E-state index in [2.05, 4.69) is 15.5 Å². The number of amides is 1. The SMILES string of the molecule is CC(C)OCc1ccccc1CNC(=O)Cc1n[nH]c(=O)c2ccccc12. The predicted octanol–water partition coefficient (Wildman–Crippen LogP) is 2.71. The Balaban J connectivity index is 1.68. The third kappa shape index (κ3) is 4.80. The van der Waals surface area contributed by atoms with Crippen molar-refractivity contribution in [2.45, 2.75) is 39.5 Å². The minimum absolute atomic E-state index is 0.0992. The molecule has 0 saturated heterocycles. The van der Waals surface area contributed by atoms with Crippen molar-refractivity contribution in [1.29, 1.82) is 0 Å². The van der Waals surface area contributed by atoms with Gasteiger partial charge in [-0.15, -0.1) is 0 Å². The molecule has 3 rings (SSSR count). The Hall–Kier alpha value is -2.99. The molecule has 140 valence electrons. The fourth-order valence-electron chi connectivity index (χ4n) is 2.84. The zero-order valence-electron chi connectivity index (χ0n) is 15.5. The summed E-state index contributed by atoms with van der Waals surface area (Å²) in [6.45, 7) is 4.91. The smallest absolute Gasteiger partial charge is 0.272 e. The van der Waals surface area contributed by atoms with E-state index in [9.17, 15) is 9.59 Å². The molecule has 2 aromatic carbocycles. The van der Waals surface area contributed by atoms with Gasteiger partial charge in [0.15, 0.2) is 0 Å². The molecule has 1 aromatic heterocycles. The number of nitrogens with one attached hydrogen (secondary N) is 2. The topological polar surface area (TPSA) is 84.1 Å². The van der Waals surface area contributed by atoms with Crippen LogP contribution in [0.5, 0.6) is 0 Å². The Labute approximate surface area is 157 Å². The molecule has 1 amide bonds. The molecule has 0 aliphatic heterocycles. The summed E-state index contributed by atoms with van der Waals surface area (Å²) in [4.78, 5) is 24.3. The normalized spacial score (nSPS) is 11.1. The van der Waals surface area contributed by atoms with Crippen molar-refractivity contribution in [2.24, 2.45) is 0 Å². The van der Waals surface area contributed by atoms with E-state index < -0.39 is 0 Å². The molecule has 27 heavy (non-hydrogen) atoms. The van der Waals surface area contributed by atoms with Gasteiger partial charge in [0.05, 0.1) is 30.2 Å². The molecule has 0 saturated carbocycles. The summed E-state index contributed by atoms with van der Waals surface area (Å²) in [7, 11) is 0. The third-order valence-corrected chi connectivity index (χ3v) is 4.27. The minimum atomic E-state index is -0.256. The van der Waals surface area contributed by atoms with Crippen LogP contribution in [0, 0.1) is 0 Å². The summed E-state index contributed by atoms with van der Waals surface area (Å²) in [6, 6.07) is 15.0. The fraction of sp³-hybridized carbons (Fsp3) is 0.286. The van der Waals surface area contributed by atoms with Crippen LogP contribution in [0.15, 0.2) is 53.3 Å². The summed E-state index contributed by atoms with van der Waals surface area (Å²) >= 11 is 0.